The molecule has 4 nitrogen and oxygen atoms in total. The van der Waals surface area contributed by atoms with E-state index < -0.39 is 31.9 Å². The molecule has 1 fully saturated rings. The summed E-state index contributed by atoms with van der Waals surface area (Å²) in [5.41, 5.74) is 2.71. The van der Waals surface area contributed by atoms with Crippen LogP contribution in [0.2, 0.25) is 37.4 Å². The number of rotatable bonds is 16. The number of ether oxygens (including phenoxy) is 2. The molecule has 0 radical (unpaired) electrons. The van der Waals surface area contributed by atoms with Gasteiger partial charge in [-0.15, -0.1) is 0 Å². The van der Waals surface area contributed by atoms with Crippen molar-refractivity contribution < 1.29 is 19.1 Å². The molecule has 1 aliphatic carbocycles. The molecule has 0 heterocycles. The molecule has 0 spiro atoms. The average molecular weight is 602 g/mol. The van der Waals surface area contributed by atoms with Gasteiger partial charge in [0, 0.05) is 0 Å². The monoisotopic (exact) mass is 602 g/mol. The van der Waals surface area contributed by atoms with Gasteiger partial charge >= 0.3 is 217 Å². The molecule has 0 bridgehead atoms. The zero-order valence-electron chi connectivity index (χ0n) is 23.7. The number of carbonyl (C=O) groups is 2. The molecule has 1 unspecified atom stereocenters. The van der Waals surface area contributed by atoms with Crippen molar-refractivity contribution in [2.75, 3.05) is 13.2 Å². The summed E-state index contributed by atoms with van der Waals surface area (Å²) in [5, 5.41) is 0. The molecule has 0 aromatic carbocycles. The Balaban J connectivity index is 3.50. The zero-order valence-corrected chi connectivity index (χ0v) is 27.5. The fourth-order valence-corrected chi connectivity index (χ4v) is 24.8. The van der Waals surface area contributed by atoms with Gasteiger partial charge in [0.05, 0.1) is 0 Å². The normalized spacial score (nSPS) is 19.4. The van der Waals surface area contributed by atoms with Crippen LogP contribution in [0.5, 0.6) is 0 Å². The van der Waals surface area contributed by atoms with Crippen LogP contribution in [-0.2, 0) is 19.1 Å². The van der Waals surface area contributed by atoms with Gasteiger partial charge in [-0.2, -0.15) is 0 Å². The van der Waals surface area contributed by atoms with Gasteiger partial charge in [0.1, 0.15) is 0 Å². The van der Waals surface area contributed by atoms with Crippen LogP contribution in [0.15, 0.2) is 11.3 Å². The Kier molecular flexibility index (Phi) is 14.1. The molecule has 0 amide bonds. The first-order chi connectivity index (χ1) is 16.0. The maximum atomic E-state index is 13.3. The van der Waals surface area contributed by atoms with Crippen LogP contribution >= 0.6 is 0 Å². The van der Waals surface area contributed by atoms with Crippen LogP contribution in [0.3, 0.4) is 0 Å². The Morgan fingerprint density at radius 3 is 1.68 bits per heavy atom. The molecule has 0 saturated heterocycles. The van der Waals surface area contributed by atoms with Crippen LogP contribution in [0.4, 0.5) is 0 Å². The molecule has 1 rings (SSSR count). The molecule has 0 aromatic heterocycles. The predicted octanol–water partition coefficient (Wildman–Crippen LogP) is 8.16. The van der Waals surface area contributed by atoms with E-state index in [1.165, 1.54) is 61.8 Å². The second-order valence-corrected chi connectivity index (χ2v) is 30.7. The van der Waals surface area contributed by atoms with Crippen LogP contribution in [0, 0.1) is 11.3 Å². The summed E-state index contributed by atoms with van der Waals surface area (Å²) in [6, 6.07) is 0. The first-order valence-corrected chi connectivity index (χ1v) is 25.7. The third-order valence-corrected chi connectivity index (χ3v) is 24.7. The predicted molar refractivity (Wildman–Crippen MR) is 150 cm³/mol. The summed E-state index contributed by atoms with van der Waals surface area (Å²) < 4.78 is 16.7. The maximum absolute atomic E-state index is 13.3. The van der Waals surface area contributed by atoms with Gasteiger partial charge in [0.2, 0.25) is 0 Å². The SMILES string of the molecule is CCC[CH2][Sn]([CH2]CCC)([CH2]CCC)[CH2]C1CC(C(=O)OCC)(C(=O)OCC)C/C1=C\[Si](C)(C)C. The van der Waals surface area contributed by atoms with E-state index in [1.807, 2.05) is 13.8 Å². The minimum atomic E-state index is -2.47. The summed E-state index contributed by atoms with van der Waals surface area (Å²) in [4.78, 5) is 26.6. The van der Waals surface area contributed by atoms with Crippen LogP contribution in [0.1, 0.15) is 86.0 Å². The number of allylic oxidation sites excluding steroid dienone is 1. The van der Waals surface area contributed by atoms with E-state index in [0.717, 1.165) is 0 Å². The van der Waals surface area contributed by atoms with Crippen molar-refractivity contribution in [3.8, 4) is 0 Å². The molecule has 0 N–H and O–H groups in total. The summed E-state index contributed by atoms with van der Waals surface area (Å²) in [6.07, 6.45) is 8.87. The molecule has 6 heteroatoms. The van der Waals surface area contributed by atoms with E-state index in [0.29, 0.717) is 32.0 Å². The van der Waals surface area contributed by atoms with Gasteiger partial charge in [-0.05, 0) is 0 Å². The molecule has 1 atom stereocenters. The molecule has 0 aliphatic heterocycles. The second kappa shape index (κ2) is 15.1. The van der Waals surface area contributed by atoms with Gasteiger partial charge in [-0.3, -0.25) is 0 Å². The standard InChI is InChI=1S/C16H27O4Si.3C4H9.Sn/c1-7-19-14(17)16(15(18)20-8-2)9-12(3)13(10-16)11-21(4,5)6;3*1-3-4-2;/h11-12H,3,7-10H2,1-2,4-6H3;3*1,3-4H2,2H3;/b13-11+;;;;. The topological polar surface area (TPSA) is 52.6 Å². The van der Waals surface area contributed by atoms with E-state index in [-0.39, 0.29) is 11.9 Å². The molecule has 34 heavy (non-hydrogen) atoms. The number of unbranched alkanes of at least 4 members (excludes halogenated alkanes) is 3. The van der Waals surface area contributed by atoms with Gasteiger partial charge in [-0.25, -0.2) is 0 Å². The van der Waals surface area contributed by atoms with E-state index in [9.17, 15) is 9.59 Å². The van der Waals surface area contributed by atoms with Gasteiger partial charge in [0.15, 0.2) is 0 Å². The van der Waals surface area contributed by atoms with Crippen molar-refractivity contribution in [2.24, 2.45) is 11.3 Å². The van der Waals surface area contributed by atoms with Crippen LogP contribution in [-0.4, -0.2) is 51.6 Å². The van der Waals surface area contributed by atoms with Gasteiger partial charge in [0.25, 0.3) is 0 Å². The van der Waals surface area contributed by atoms with Crippen molar-refractivity contribution in [2.45, 2.75) is 123 Å². The van der Waals surface area contributed by atoms with Crippen molar-refractivity contribution in [3.05, 3.63) is 11.3 Å². The number of hydrogen-bond donors (Lipinski definition) is 0. The number of carbonyl (C=O) groups excluding carboxylic acids is 2. The Morgan fingerprint density at radius 2 is 1.32 bits per heavy atom. The Labute approximate surface area is 215 Å². The number of esters is 2. The number of hydrogen-bond acceptors (Lipinski definition) is 4. The van der Waals surface area contributed by atoms with E-state index in [4.69, 9.17) is 9.47 Å². The van der Waals surface area contributed by atoms with Gasteiger partial charge < -0.3 is 0 Å². The molecule has 1 saturated carbocycles. The summed E-state index contributed by atoms with van der Waals surface area (Å²) in [5.74, 6) is -0.398. The third kappa shape index (κ3) is 9.29. The van der Waals surface area contributed by atoms with Crippen molar-refractivity contribution in [1.29, 1.82) is 0 Å². The molecular formula is C28H54O4SiSn. The van der Waals surface area contributed by atoms with E-state index >= 15 is 0 Å². The molecular weight excluding hydrogens is 547 g/mol. The quantitative estimate of drug-likeness (QED) is 0.102. The van der Waals surface area contributed by atoms with Crippen molar-refractivity contribution in [3.63, 3.8) is 0 Å². The molecule has 1 aliphatic rings. The fraction of sp³-hybridized carbons (Fsp3) is 0.857. The van der Waals surface area contributed by atoms with Crippen molar-refractivity contribution in [1.82, 2.24) is 0 Å². The summed E-state index contributed by atoms with van der Waals surface area (Å²) in [6.45, 7) is 18.2. The van der Waals surface area contributed by atoms with E-state index in [2.05, 4.69) is 46.1 Å². The Morgan fingerprint density at radius 1 is 0.882 bits per heavy atom. The van der Waals surface area contributed by atoms with Crippen LogP contribution < -0.4 is 0 Å². The average Bonchev–Trinajstić information content (AvgIpc) is 3.12. The summed E-state index contributed by atoms with van der Waals surface area (Å²) in [7, 11) is -1.53. The minimum absolute atomic E-state index is 0.296. The van der Waals surface area contributed by atoms with E-state index in [1.54, 1.807) is 0 Å². The Bertz CT molecular complexity index is 628. The summed E-state index contributed by atoms with van der Waals surface area (Å²) >= 11 is -2.47. The van der Waals surface area contributed by atoms with Gasteiger partial charge in [-0.1, -0.05) is 0 Å². The molecule has 0 aromatic rings. The third-order valence-electron chi connectivity index (χ3n) is 7.44. The zero-order chi connectivity index (χ0) is 25.8. The second-order valence-electron chi connectivity index (χ2n) is 11.7. The first-order valence-electron chi connectivity index (χ1n) is 14.1. The fourth-order valence-electron chi connectivity index (χ4n) is 5.84. The Hall–Kier alpha value is -0.304. The van der Waals surface area contributed by atoms with Crippen molar-refractivity contribution >= 4 is 38.4 Å². The first kappa shape index (κ1) is 31.7. The van der Waals surface area contributed by atoms with Crippen LogP contribution in [0.25, 0.3) is 0 Å². The molecule has 198 valence electrons.